The van der Waals surface area contributed by atoms with Crippen LogP contribution in [0.3, 0.4) is 0 Å². The Morgan fingerprint density at radius 2 is 1.94 bits per heavy atom. The molecule has 1 nitrogen and oxygen atoms in total. The zero-order valence-electron chi connectivity index (χ0n) is 11.6. The lowest BCUT2D eigenvalue weighted by Crippen LogP contribution is -2.38. The van der Waals surface area contributed by atoms with Crippen LogP contribution in [0.15, 0.2) is 11.6 Å². The first kappa shape index (κ1) is 13.8. The fraction of sp³-hybridized carbons (Fsp3) is 0.867. The van der Waals surface area contributed by atoms with Crippen LogP contribution in [0, 0.1) is 5.41 Å². The number of allylic oxidation sites excluding steroid dienone is 1. The molecule has 0 atom stereocenters. The van der Waals surface area contributed by atoms with Gasteiger partial charge in [-0.05, 0) is 38.5 Å². The molecule has 0 spiro atoms. The molecule has 0 saturated heterocycles. The highest BCUT2D eigenvalue weighted by atomic mass is 14.9. The first-order valence-corrected chi connectivity index (χ1v) is 7.07. The maximum atomic E-state index is 3.64. The fourth-order valence-electron chi connectivity index (χ4n) is 2.79. The average Bonchev–Trinajstić information content (AvgIpc) is 2.32. The van der Waals surface area contributed by atoms with E-state index in [1.165, 1.54) is 38.5 Å². The Hall–Kier alpha value is -0.300. The third-order valence-electron chi connectivity index (χ3n) is 4.17. The number of hydrogen-bond acceptors (Lipinski definition) is 1. The van der Waals surface area contributed by atoms with Gasteiger partial charge < -0.3 is 5.32 Å². The van der Waals surface area contributed by atoms with Crippen molar-refractivity contribution in [3.63, 3.8) is 0 Å². The van der Waals surface area contributed by atoms with Gasteiger partial charge in [0.25, 0.3) is 0 Å². The first-order valence-electron chi connectivity index (χ1n) is 7.07. The van der Waals surface area contributed by atoms with Crippen molar-refractivity contribution < 1.29 is 0 Å². The van der Waals surface area contributed by atoms with Gasteiger partial charge in [0.2, 0.25) is 0 Å². The van der Waals surface area contributed by atoms with Crippen LogP contribution < -0.4 is 5.32 Å². The summed E-state index contributed by atoms with van der Waals surface area (Å²) in [5.41, 5.74) is 2.17. The third-order valence-corrected chi connectivity index (χ3v) is 4.17. The molecule has 0 saturated carbocycles. The van der Waals surface area contributed by atoms with Crippen molar-refractivity contribution in [1.82, 2.24) is 5.32 Å². The molecule has 1 N–H and O–H groups in total. The lowest BCUT2D eigenvalue weighted by Gasteiger charge is -2.37. The summed E-state index contributed by atoms with van der Waals surface area (Å²) < 4.78 is 0. The van der Waals surface area contributed by atoms with Crippen molar-refractivity contribution in [2.45, 2.75) is 72.3 Å². The third kappa shape index (κ3) is 3.35. The van der Waals surface area contributed by atoms with Crippen LogP contribution in [0.25, 0.3) is 0 Å². The highest BCUT2D eigenvalue weighted by Crippen LogP contribution is 2.39. The smallest absolute Gasteiger partial charge is 0.00474 e. The SMILES string of the molecule is CCC(CC)(CNC(C)C)C1=CCCCC1. The fourth-order valence-corrected chi connectivity index (χ4v) is 2.79. The van der Waals surface area contributed by atoms with Gasteiger partial charge in [0, 0.05) is 18.0 Å². The van der Waals surface area contributed by atoms with Gasteiger partial charge in [-0.3, -0.25) is 0 Å². The Bertz CT molecular complexity index is 224. The van der Waals surface area contributed by atoms with Crippen LogP contribution in [0.4, 0.5) is 0 Å². The summed E-state index contributed by atoms with van der Waals surface area (Å²) in [6.07, 6.45) is 10.5. The molecule has 1 aliphatic carbocycles. The summed E-state index contributed by atoms with van der Waals surface area (Å²) in [7, 11) is 0. The summed E-state index contributed by atoms with van der Waals surface area (Å²) in [5.74, 6) is 0. The lowest BCUT2D eigenvalue weighted by atomic mass is 9.71. The topological polar surface area (TPSA) is 12.0 Å². The Balaban J connectivity index is 2.73. The number of rotatable bonds is 6. The maximum Gasteiger partial charge on any atom is 0.00474 e. The minimum absolute atomic E-state index is 0.435. The summed E-state index contributed by atoms with van der Waals surface area (Å²) in [6, 6.07) is 0.599. The minimum Gasteiger partial charge on any atom is -0.314 e. The van der Waals surface area contributed by atoms with E-state index in [1.807, 2.05) is 0 Å². The molecule has 94 valence electrons. The Labute approximate surface area is 102 Å². The molecular formula is C15H29N. The lowest BCUT2D eigenvalue weighted by molar-refractivity contribution is 0.283. The summed E-state index contributed by atoms with van der Waals surface area (Å²) in [4.78, 5) is 0. The van der Waals surface area contributed by atoms with Crippen LogP contribution in [0.5, 0.6) is 0 Å². The predicted octanol–water partition coefficient (Wildman–Crippen LogP) is 4.29. The molecule has 0 aromatic rings. The van der Waals surface area contributed by atoms with E-state index in [2.05, 4.69) is 39.1 Å². The van der Waals surface area contributed by atoms with E-state index >= 15 is 0 Å². The molecule has 0 amide bonds. The largest absolute Gasteiger partial charge is 0.314 e. The molecule has 0 unspecified atom stereocenters. The van der Waals surface area contributed by atoms with Gasteiger partial charge in [-0.2, -0.15) is 0 Å². The predicted molar refractivity (Wildman–Crippen MR) is 72.7 cm³/mol. The van der Waals surface area contributed by atoms with Crippen molar-refractivity contribution in [2.75, 3.05) is 6.54 Å². The highest BCUT2D eigenvalue weighted by molar-refractivity contribution is 5.17. The van der Waals surface area contributed by atoms with Gasteiger partial charge in [0.15, 0.2) is 0 Å². The standard InChI is InChI=1S/C15H29N/c1-5-15(6-2,12-16-13(3)4)14-10-8-7-9-11-14/h10,13,16H,5-9,11-12H2,1-4H3. The van der Waals surface area contributed by atoms with E-state index in [4.69, 9.17) is 0 Å². The molecule has 0 aromatic heterocycles. The van der Waals surface area contributed by atoms with Crippen LogP contribution >= 0.6 is 0 Å². The summed E-state index contributed by atoms with van der Waals surface area (Å²) in [5, 5.41) is 3.64. The highest BCUT2D eigenvalue weighted by Gasteiger charge is 2.30. The molecule has 0 radical (unpaired) electrons. The molecule has 16 heavy (non-hydrogen) atoms. The van der Waals surface area contributed by atoms with Gasteiger partial charge in [0.05, 0.1) is 0 Å². The van der Waals surface area contributed by atoms with Crippen molar-refractivity contribution in [3.8, 4) is 0 Å². The van der Waals surface area contributed by atoms with E-state index < -0.39 is 0 Å². The number of hydrogen-bond donors (Lipinski definition) is 1. The Morgan fingerprint density at radius 3 is 2.38 bits per heavy atom. The average molecular weight is 223 g/mol. The molecule has 1 heteroatoms. The van der Waals surface area contributed by atoms with E-state index in [0.717, 1.165) is 6.54 Å². The van der Waals surface area contributed by atoms with Crippen molar-refractivity contribution >= 4 is 0 Å². The molecule has 0 aromatic carbocycles. The Morgan fingerprint density at radius 1 is 1.25 bits per heavy atom. The van der Waals surface area contributed by atoms with Crippen molar-refractivity contribution in [3.05, 3.63) is 11.6 Å². The van der Waals surface area contributed by atoms with Crippen LogP contribution in [-0.4, -0.2) is 12.6 Å². The van der Waals surface area contributed by atoms with E-state index in [9.17, 15) is 0 Å². The molecule has 0 bridgehead atoms. The maximum absolute atomic E-state index is 3.64. The normalized spacial score (nSPS) is 17.7. The van der Waals surface area contributed by atoms with Crippen LogP contribution in [0.2, 0.25) is 0 Å². The van der Waals surface area contributed by atoms with Gasteiger partial charge >= 0.3 is 0 Å². The minimum atomic E-state index is 0.435. The molecule has 0 aliphatic heterocycles. The zero-order chi connectivity index (χ0) is 12.0. The summed E-state index contributed by atoms with van der Waals surface area (Å²) in [6.45, 7) is 10.3. The first-order chi connectivity index (χ1) is 7.64. The Kier molecular flexibility index (Phi) is 5.54. The second-order valence-electron chi connectivity index (χ2n) is 5.50. The van der Waals surface area contributed by atoms with Crippen LogP contribution in [-0.2, 0) is 0 Å². The van der Waals surface area contributed by atoms with Crippen LogP contribution in [0.1, 0.15) is 66.2 Å². The van der Waals surface area contributed by atoms with Gasteiger partial charge in [-0.15, -0.1) is 0 Å². The monoisotopic (exact) mass is 223 g/mol. The van der Waals surface area contributed by atoms with E-state index in [0.29, 0.717) is 11.5 Å². The van der Waals surface area contributed by atoms with Crippen molar-refractivity contribution in [1.29, 1.82) is 0 Å². The quantitative estimate of drug-likeness (QED) is 0.662. The van der Waals surface area contributed by atoms with E-state index in [1.54, 1.807) is 5.57 Å². The van der Waals surface area contributed by atoms with Gasteiger partial charge in [0.1, 0.15) is 0 Å². The molecule has 0 fully saturated rings. The zero-order valence-corrected chi connectivity index (χ0v) is 11.6. The van der Waals surface area contributed by atoms with Crippen molar-refractivity contribution in [2.24, 2.45) is 5.41 Å². The number of nitrogens with one attached hydrogen (secondary N) is 1. The molecule has 1 aliphatic rings. The second kappa shape index (κ2) is 6.44. The van der Waals surface area contributed by atoms with E-state index in [-0.39, 0.29) is 0 Å². The summed E-state index contributed by atoms with van der Waals surface area (Å²) >= 11 is 0. The molecular weight excluding hydrogens is 194 g/mol. The second-order valence-corrected chi connectivity index (χ2v) is 5.50. The molecule has 1 rings (SSSR count). The van der Waals surface area contributed by atoms with Gasteiger partial charge in [-0.25, -0.2) is 0 Å². The molecule has 0 heterocycles. The van der Waals surface area contributed by atoms with Gasteiger partial charge in [-0.1, -0.05) is 39.3 Å².